The number of primary amides is 1. The van der Waals surface area contributed by atoms with Gasteiger partial charge in [-0.15, -0.1) is 0 Å². The van der Waals surface area contributed by atoms with Crippen molar-refractivity contribution in [1.29, 1.82) is 0 Å². The second kappa shape index (κ2) is 4.86. The Bertz CT molecular complexity index is 454. The molecule has 2 rings (SSSR count). The molecule has 5 nitrogen and oxygen atoms in total. The molecule has 6 N–H and O–H groups in total. The van der Waals surface area contributed by atoms with E-state index >= 15 is 0 Å². The average molecular weight is 249 g/mol. The minimum absolute atomic E-state index is 0.0627. The molecule has 0 unspecified atom stereocenters. The Morgan fingerprint density at radius 3 is 2.61 bits per heavy atom. The zero-order chi connectivity index (χ0) is 13.2. The molecule has 0 aliphatic heterocycles. The fourth-order valence-corrected chi connectivity index (χ4v) is 2.48. The van der Waals surface area contributed by atoms with E-state index in [9.17, 15) is 9.90 Å². The SMILES string of the molecule is NC(=O)c1ccc(N)c(NC2(CO)CCCC2)c1. The number of aliphatic hydroxyl groups excluding tert-OH is 1. The second-order valence-corrected chi connectivity index (χ2v) is 4.94. The number of benzene rings is 1. The van der Waals surface area contributed by atoms with E-state index in [2.05, 4.69) is 5.32 Å². The monoisotopic (exact) mass is 249 g/mol. The van der Waals surface area contributed by atoms with Gasteiger partial charge in [-0.3, -0.25) is 4.79 Å². The molecule has 1 amide bonds. The zero-order valence-electron chi connectivity index (χ0n) is 10.3. The van der Waals surface area contributed by atoms with Gasteiger partial charge in [0, 0.05) is 5.56 Å². The van der Waals surface area contributed by atoms with E-state index in [1.165, 1.54) is 0 Å². The summed E-state index contributed by atoms with van der Waals surface area (Å²) in [6, 6.07) is 4.90. The number of nitrogen functional groups attached to an aromatic ring is 1. The Morgan fingerprint density at radius 1 is 1.39 bits per heavy atom. The number of carbonyl (C=O) groups is 1. The van der Waals surface area contributed by atoms with Crippen LogP contribution in [0.15, 0.2) is 18.2 Å². The smallest absolute Gasteiger partial charge is 0.248 e. The fraction of sp³-hybridized carbons (Fsp3) is 0.462. The molecule has 1 aromatic carbocycles. The van der Waals surface area contributed by atoms with Crippen molar-refractivity contribution >= 4 is 17.3 Å². The number of amides is 1. The minimum Gasteiger partial charge on any atom is -0.397 e. The van der Waals surface area contributed by atoms with Gasteiger partial charge in [0.1, 0.15) is 0 Å². The number of carbonyl (C=O) groups excluding carboxylic acids is 1. The minimum atomic E-state index is -0.484. The van der Waals surface area contributed by atoms with Crippen LogP contribution in [0, 0.1) is 0 Å². The molecular formula is C13H19N3O2. The van der Waals surface area contributed by atoms with Crippen molar-refractivity contribution < 1.29 is 9.90 Å². The van der Waals surface area contributed by atoms with Crippen molar-refractivity contribution in [2.24, 2.45) is 5.73 Å². The number of nitrogens with two attached hydrogens (primary N) is 2. The Morgan fingerprint density at radius 2 is 2.06 bits per heavy atom. The van der Waals surface area contributed by atoms with Crippen molar-refractivity contribution in [1.82, 2.24) is 0 Å². The Labute approximate surface area is 106 Å². The largest absolute Gasteiger partial charge is 0.397 e. The van der Waals surface area contributed by atoms with Crippen LogP contribution < -0.4 is 16.8 Å². The number of nitrogens with one attached hydrogen (secondary N) is 1. The lowest BCUT2D eigenvalue weighted by molar-refractivity contribution is 0.100. The van der Waals surface area contributed by atoms with Crippen LogP contribution in [0.25, 0.3) is 0 Å². The lowest BCUT2D eigenvalue weighted by atomic mass is 9.98. The summed E-state index contributed by atoms with van der Waals surface area (Å²) in [7, 11) is 0. The van der Waals surface area contributed by atoms with Crippen molar-refractivity contribution in [2.75, 3.05) is 17.7 Å². The molecule has 0 radical (unpaired) electrons. The molecule has 5 heteroatoms. The van der Waals surface area contributed by atoms with Crippen LogP contribution >= 0.6 is 0 Å². The first kappa shape index (κ1) is 12.7. The summed E-state index contributed by atoms with van der Waals surface area (Å²) in [6.45, 7) is 0.0627. The quantitative estimate of drug-likeness (QED) is 0.600. The van der Waals surface area contributed by atoms with Gasteiger partial charge in [0.2, 0.25) is 5.91 Å². The van der Waals surface area contributed by atoms with Crippen molar-refractivity contribution in [3.05, 3.63) is 23.8 Å². The Hall–Kier alpha value is -1.75. The first-order valence-corrected chi connectivity index (χ1v) is 6.15. The van der Waals surface area contributed by atoms with Gasteiger partial charge < -0.3 is 21.9 Å². The van der Waals surface area contributed by atoms with Crippen LogP contribution in [0.1, 0.15) is 36.0 Å². The van der Waals surface area contributed by atoms with Crippen LogP contribution in [0.2, 0.25) is 0 Å². The molecule has 0 spiro atoms. The van der Waals surface area contributed by atoms with Gasteiger partial charge in [0.05, 0.1) is 23.5 Å². The van der Waals surface area contributed by atoms with Gasteiger partial charge in [-0.25, -0.2) is 0 Å². The molecule has 0 saturated heterocycles. The topological polar surface area (TPSA) is 101 Å². The maximum absolute atomic E-state index is 11.2. The standard InChI is InChI=1S/C13H19N3O2/c14-10-4-3-9(12(15)18)7-11(10)16-13(8-17)5-1-2-6-13/h3-4,7,16-17H,1-2,5-6,8,14H2,(H2,15,18). The summed E-state index contributed by atoms with van der Waals surface area (Å²) >= 11 is 0. The third-order valence-corrected chi connectivity index (χ3v) is 3.60. The highest BCUT2D eigenvalue weighted by Gasteiger charge is 2.33. The third kappa shape index (κ3) is 2.41. The summed E-state index contributed by atoms with van der Waals surface area (Å²) in [5.41, 5.74) is 12.5. The Balaban J connectivity index is 2.27. The van der Waals surface area contributed by atoms with Gasteiger partial charge in [-0.05, 0) is 31.0 Å². The highest BCUT2D eigenvalue weighted by atomic mass is 16.3. The third-order valence-electron chi connectivity index (χ3n) is 3.60. The normalized spacial score (nSPS) is 17.6. The van der Waals surface area contributed by atoms with Crippen molar-refractivity contribution in [2.45, 2.75) is 31.2 Å². The molecule has 0 aromatic heterocycles. The maximum atomic E-state index is 11.2. The van der Waals surface area contributed by atoms with E-state index in [-0.39, 0.29) is 12.1 Å². The molecule has 0 atom stereocenters. The predicted octanol–water partition coefficient (Wildman–Crippen LogP) is 1.08. The van der Waals surface area contributed by atoms with Crippen LogP contribution in [-0.2, 0) is 0 Å². The molecule has 0 bridgehead atoms. The maximum Gasteiger partial charge on any atom is 0.248 e. The van der Waals surface area contributed by atoms with E-state index in [1.807, 2.05) is 0 Å². The molecule has 98 valence electrons. The summed E-state index contributed by atoms with van der Waals surface area (Å²) < 4.78 is 0. The number of rotatable bonds is 4. The number of anilines is 2. The van der Waals surface area contributed by atoms with Crippen LogP contribution in [0.5, 0.6) is 0 Å². The van der Waals surface area contributed by atoms with E-state index in [1.54, 1.807) is 18.2 Å². The highest BCUT2D eigenvalue weighted by Crippen LogP contribution is 2.34. The van der Waals surface area contributed by atoms with Gasteiger partial charge in [0.15, 0.2) is 0 Å². The van der Waals surface area contributed by atoms with E-state index in [4.69, 9.17) is 11.5 Å². The average Bonchev–Trinajstić information content (AvgIpc) is 2.81. The summed E-state index contributed by atoms with van der Waals surface area (Å²) in [6.07, 6.45) is 3.99. The first-order chi connectivity index (χ1) is 8.56. The molecule has 1 aliphatic rings. The summed E-state index contributed by atoms with van der Waals surface area (Å²) in [5.74, 6) is -0.484. The zero-order valence-corrected chi connectivity index (χ0v) is 10.3. The molecule has 1 saturated carbocycles. The fourth-order valence-electron chi connectivity index (χ4n) is 2.48. The first-order valence-electron chi connectivity index (χ1n) is 6.15. The van der Waals surface area contributed by atoms with Gasteiger partial charge >= 0.3 is 0 Å². The highest BCUT2D eigenvalue weighted by molar-refractivity contribution is 5.95. The molecule has 18 heavy (non-hydrogen) atoms. The predicted molar refractivity (Wildman–Crippen MR) is 71.3 cm³/mol. The van der Waals surface area contributed by atoms with Crippen molar-refractivity contribution in [3.8, 4) is 0 Å². The Kier molecular flexibility index (Phi) is 3.43. The summed E-state index contributed by atoms with van der Waals surface area (Å²) in [5, 5.41) is 12.8. The molecule has 0 heterocycles. The lowest BCUT2D eigenvalue weighted by Crippen LogP contribution is -2.39. The second-order valence-electron chi connectivity index (χ2n) is 4.94. The molecule has 1 fully saturated rings. The van der Waals surface area contributed by atoms with Crippen LogP contribution in [0.4, 0.5) is 11.4 Å². The van der Waals surface area contributed by atoms with Gasteiger partial charge in [-0.2, -0.15) is 0 Å². The van der Waals surface area contributed by atoms with Crippen molar-refractivity contribution in [3.63, 3.8) is 0 Å². The van der Waals surface area contributed by atoms with Crippen LogP contribution in [-0.4, -0.2) is 23.2 Å². The lowest BCUT2D eigenvalue weighted by Gasteiger charge is -2.30. The summed E-state index contributed by atoms with van der Waals surface area (Å²) in [4.78, 5) is 11.2. The molecule has 1 aromatic rings. The van der Waals surface area contributed by atoms with E-state index < -0.39 is 5.91 Å². The van der Waals surface area contributed by atoms with Gasteiger partial charge in [0.25, 0.3) is 0 Å². The van der Waals surface area contributed by atoms with E-state index in [0.717, 1.165) is 25.7 Å². The molecule has 1 aliphatic carbocycles. The number of hydrogen-bond acceptors (Lipinski definition) is 4. The van der Waals surface area contributed by atoms with Gasteiger partial charge in [-0.1, -0.05) is 12.8 Å². The van der Waals surface area contributed by atoms with E-state index in [0.29, 0.717) is 16.9 Å². The van der Waals surface area contributed by atoms with Crippen LogP contribution in [0.3, 0.4) is 0 Å². The molecular weight excluding hydrogens is 230 g/mol. The number of aliphatic hydroxyl groups is 1. The number of hydrogen-bond donors (Lipinski definition) is 4.